The molecule has 0 unspecified atom stereocenters. The summed E-state index contributed by atoms with van der Waals surface area (Å²) in [7, 11) is 0. The van der Waals surface area contributed by atoms with Gasteiger partial charge < -0.3 is 11.1 Å². The molecule has 7 heteroatoms. The molecule has 1 amide bonds. The number of aromatic nitrogens is 2. The van der Waals surface area contributed by atoms with E-state index in [4.69, 9.17) is 5.73 Å². The smallest absolute Gasteiger partial charge is 0.233 e. The number of nitrogens with zero attached hydrogens (tertiary/aromatic N) is 2. The van der Waals surface area contributed by atoms with Gasteiger partial charge in [-0.05, 0) is 25.7 Å². The van der Waals surface area contributed by atoms with Crippen LogP contribution in [0.15, 0.2) is 4.34 Å². The number of rotatable bonds is 4. The van der Waals surface area contributed by atoms with E-state index < -0.39 is 0 Å². The van der Waals surface area contributed by atoms with Crippen molar-refractivity contribution in [2.45, 2.75) is 55.2 Å². The molecular formula is C12H20N4OS2. The van der Waals surface area contributed by atoms with Gasteiger partial charge in [0.25, 0.3) is 0 Å². The van der Waals surface area contributed by atoms with Crippen LogP contribution in [0, 0.1) is 5.92 Å². The van der Waals surface area contributed by atoms with Crippen molar-refractivity contribution in [2.75, 3.05) is 5.73 Å². The van der Waals surface area contributed by atoms with E-state index in [1.54, 1.807) is 0 Å². The molecule has 0 radical (unpaired) electrons. The molecule has 5 nitrogen and oxygen atoms in total. The molecule has 0 saturated heterocycles. The molecule has 1 aromatic heterocycles. The molecule has 19 heavy (non-hydrogen) atoms. The van der Waals surface area contributed by atoms with Gasteiger partial charge in [0.1, 0.15) is 0 Å². The summed E-state index contributed by atoms with van der Waals surface area (Å²) in [4.78, 5) is 12.2. The van der Waals surface area contributed by atoms with Crippen LogP contribution in [0.1, 0.15) is 39.5 Å². The Morgan fingerprint density at radius 1 is 1.47 bits per heavy atom. The largest absolute Gasteiger partial charge is 0.374 e. The summed E-state index contributed by atoms with van der Waals surface area (Å²) < 4.78 is 0.747. The van der Waals surface area contributed by atoms with Crippen molar-refractivity contribution in [3.05, 3.63) is 0 Å². The predicted molar refractivity (Wildman–Crippen MR) is 79.2 cm³/mol. The third-order valence-corrected chi connectivity index (χ3v) is 5.44. The van der Waals surface area contributed by atoms with Crippen molar-refractivity contribution in [3.8, 4) is 0 Å². The fourth-order valence-corrected chi connectivity index (χ4v) is 4.09. The normalized spacial score (nSPS) is 24.9. The summed E-state index contributed by atoms with van der Waals surface area (Å²) in [5.74, 6) is 0.657. The number of hydrogen-bond acceptors (Lipinski definition) is 6. The van der Waals surface area contributed by atoms with Crippen LogP contribution >= 0.6 is 23.1 Å². The molecule has 1 saturated carbocycles. The maximum absolute atomic E-state index is 12.2. The Morgan fingerprint density at radius 2 is 2.21 bits per heavy atom. The van der Waals surface area contributed by atoms with Crippen LogP contribution in [0.5, 0.6) is 0 Å². The van der Waals surface area contributed by atoms with Crippen molar-refractivity contribution in [3.63, 3.8) is 0 Å². The molecule has 3 atom stereocenters. The maximum atomic E-state index is 12.2. The van der Waals surface area contributed by atoms with Gasteiger partial charge in [-0.2, -0.15) is 0 Å². The first-order valence-corrected chi connectivity index (χ1v) is 8.32. The van der Waals surface area contributed by atoms with Gasteiger partial charge in [-0.25, -0.2) is 0 Å². The number of carbonyl (C=O) groups is 1. The monoisotopic (exact) mass is 300 g/mol. The van der Waals surface area contributed by atoms with E-state index in [0.717, 1.165) is 10.8 Å². The molecular weight excluding hydrogens is 280 g/mol. The highest BCUT2D eigenvalue weighted by molar-refractivity contribution is 8.02. The van der Waals surface area contributed by atoms with Crippen LogP contribution in [0.4, 0.5) is 5.13 Å². The van der Waals surface area contributed by atoms with Gasteiger partial charge in [0, 0.05) is 6.04 Å². The number of amides is 1. The first-order chi connectivity index (χ1) is 9.06. The van der Waals surface area contributed by atoms with Gasteiger partial charge in [-0.15, -0.1) is 10.2 Å². The number of nitrogen functional groups attached to an aromatic ring is 1. The minimum atomic E-state index is -0.165. The number of anilines is 1. The van der Waals surface area contributed by atoms with Gasteiger partial charge in [0.2, 0.25) is 11.0 Å². The second kappa shape index (κ2) is 6.56. The Hall–Kier alpha value is -0.820. The summed E-state index contributed by atoms with van der Waals surface area (Å²) >= 11 is 2.73. The Morgan fingerprint density at radius 3 is 2.84 bits per heavy atom. The third kappa shape index (κ3) is 4.07. The predicted octanol–water partition coefficient (Wildman–Crippen LogP) is 2.30. The van der Waals surface area contributed by atoms with E-state index in [9.17, 15) is 4.79 Å². The Bertz CT molecular complexity index is 437. The molecule has 0 aromatic carbocycles. The summed E-state index contributed by atoms with van der Waals surface area (Å²) in [6.45, 7) is 4.11. The molecule has 0 spiro atoms. The fraction of sp³-hybridized carbons (Fsp3) is 0.750. The highest BCUT2D eigenvalue weighted by Gasteiger charge is 2.25. The zero-order valence-electron chi connectivity index (χ0n) is 11.3. The second-order valence-corrected chi connectivity index (χ2v) is 7.64. The topological polar surface area (TPSA) is 80.9 Å². The van der Waals surface area contributed by atoms with E-state index >= 15 is 0 Å². The second-order valence-electron chi connectivity index (χ2n) is 5.04. The zero-order valence-corrected chi connectivity index (χ0v) is 12.9. The number of hydrogen-bond donors (Lipinski definition) is 2. The lowest BCUT2D eigenvalue weighted by molar-refractivity contribution is -0.121. The van der Waals surface area contributed by atoms with E-state index in [1.807, 2.05) is 6.92 Å². The van der Waals surface area contributed by atoms with Crippen molar-refractivity contribution in [1.82, 2.24) is 15.5 Å². The molecule has 0 bridgehead atoms. The van der Waals surface area contributed by atoms with Crippen LogP contribution in [-0.2, 0) is 4.79 Å². The van der Waals surface area contributed by atoms with Crippen LogP contribution in [0.3, 0.4) is 0 Å². The molecule has 3 N–H and O–H groups in total. The van der Waals surface area contributed by atoms with Gasteiger partial charge >= 0.3 is 0 Å². The van der Waals surface area contributed by atoms with Crippen molar-refractivity contribution in [1.29, 1.82) is 0 Å². The van der Waals surface area contributed by atoms with Crippen LogP contribution < -0.4 is 11.1 Å². The molecule has 2 rings (SSSR count). The number of nitrogens with two attached hydrogens (primary N) is 1. The molecule has 106 valence electrons. The van der Waals surface area contributed by atoms with E-state index in [-0.39, 0.29) is 11.2 Å². The van der Waals surface area contributed by atoms with Gasteiger partial charge in [0.15, 0.2) is 4.34 Å². The van der Waals surface area contributed by atoms with Crippen molar-refractivity contribution in [2.24, 2.45) is 5.92 Å². The zero-order chi connectivity index (χ0) is 13.8. The quantitative estimate of drug-likeness (QED) is 0.834. The summed E-state index contributed by atoms with van der Waals surface area (Å²) in [6, 6.07) is 0.323. The van der Waals surface area contributed by atoms with Crippen LogP contribution in [0.2, 0.25) is 0 Å². The Labute approximate surface area is 121 Å². The summed E-state index contributed by atoms with van der Waals surface area (Å²) in [6.07, 6.45) is 4.79. The van der Waals surface area contributed by atoms with Gasteiger partial charge in [0.05, 0.1) is 5.25 Å². The fourth-order valence-electron chi connectivity index (χ4n) is 2.30. The lowest BCUT2D eigenvalue weighted by Gasteiger charge is -2.30. The molecule has 1 aromatic rings. The van der Waals surface area contributed by atoms with Crippen molar-refractivity contribution >= 4 is 34.1 Å². The summed E-state index contributed by atoms with van der Waals surface area (Å²) in [5.41, 5.74) is 5.53. The van der Waals surface area contributed by atoms with Gasteiger partial charge in [-0.1, -0.05) is 42.9 Å². The minimum Gasteiger partial charge on any atom is -0.374 e. The van der Waals surface area contributed by atoms with Gasteiger partial charge in [-0.3, -0.25) is 4.79 Å². The minimum absolute atomic E-state index is 0.0810. The average Bonchev–Trinajstić information content (AvgIpc) is 2.77. The molecule has 1 aliphatic rings. The lowest BCUT2D eigenvalue weighted by Crippen LogP contribution is -2.44. The highest BCUT2D eigenvalue weighted by Crippen LogP contribution is 2.28. The molecule has 1 aliphatic carbocycles. The number of thioether (sulfide) groups is 1. The average molecular weight is 300 g/mol. The standard InChI is InChI=1S/C12H20N4OS2/c1-7-5-3-4-6-9(7)14-10(17)8(2)18-12-16-15-11(13)19-12/h7-9H,3-6H2,1-2H3,(H2,13,15)(H,14,17)/t7-,8-,9+/m0/s1. The van der Waals surface area contributed by atoms with Crippen molar-refractivity contribution < 1.29 is 4.79 Å². The number of carbonyl (C=O) groups excluding carboxylic acids is 1. The molecule has 1 fully saturated rings. The Balaban J connectivity index is 1.85. The number of nitrogens with one attached hydrogen (secondary N) is 1. The lowest BCUT2D eigenvalue weighted by atomic mass is 9.86. The van der Waals surface area contributed by atoms with E-state index in [0.29, 0.717) is 17.1 Å². The maximum Gasteiger partial charge on any atom is 0.233 e. The van der Waals surface area contributed by atoms with Crippen LogP contribution in [0.25, 0.3) is 0 Å². The van der Waals surface area contributed by atoms with E-state index in [2.05, 4.69) is 22.4 Å². The van der Waals surface area contributed by atoms with E-state index in [1.165, 1.54) is 42.4 Å². The third-order valence-electron chi connectivity index (χ3n) is 3.51. The van der Waals surface area contributed by atoms with Crippen LogP contribution in [-0.4, -0.2) is 27.4 Å². The Kier molecular flexibility index (Phi) is 5.04. The SMILES string of the molecule is C[C@H](Sc1nnc(N)s1)C(=O)N[C@@H]1CCCC[C@@H]1C. The summed E-state index contributed by atoms with van der Waals surface area (Å²) in [5, 5.41) is 11.1. The highest BCUT2D eigenvalue weighted by atomic mass is 32.2. The molecule has 1 heterocycles. The first kappa shape index (κ1) is 14.6. The molecule has 0 aliphatic heterocycles. The first-order valence-electron chi connectivity index (χ1n) is 6.62.